The highest BCUT2D eigenvalue weighted by molar-refractivity contribution is 5.64. The average molecular weight is 415 g/mol. The average Bonchev–Trinajstić information content (AvgIpc) is 2.79. The summed E-state index contributed by atoms with van der Waals surface area (Å²) in [7, 11) is 5.34. The molecule has 0 aliphatic carbocycles. The Balaban J connectivity index is 1.86. The molecule has 4 rings (SSSR count). The number of nitrogens with two attached hydrogens (primary N) is 1. The molecule has 0 amide bonds. The van der Waals surface area contributed by atoms with Gasteiger partial charge in [0, 0.05) is 18.7 Å². The number of rotatable bonds is 4. The Morgan fingerprint density at radius 2 is 1.81 bits per heavy atom. The van der Waals surface area contributed by atoms with Crippen molar-refractivity contribution in [2.75, 3.05) is 34.4 Å². The second-order valence-corrected chi connectivity index (χ2v) is 7.67. The van der Waals surface area contributed by atoms with Gasteiger partial charge in [0.05, 0.1) is 20.1 Å². The maximum atomic E-state index is 9.87. The van der Waals surface area contributed by atoms with Crippen LogP contribution in [-0.4, -0.2) is 39.3 Å². The molecule has 31 heavy (non-hydrogen) atoms. The molecule has 0 spiro atoms. The first-order valence-corrected chi connectivity index (χ1v) is 10.0. The maximum Gasteiger partial charge on any atom is 0.205 e. The molecule has 2 aliphatic heterocycles. The molecule has 6 nitrogen and oxygen atoms in total. The summed E-state index contributed by atoms with van der Waals surface area (Å²) in [6, 6.07) is 17.9. The van der Waals surface area contributed by atoms with Crippen molar-refractivity contribution in [1.82, 2.24) is 4.90 Å². The van der Waals surface area contributed by atoms with Crippen LogP contribution in [0.15, 0.2) is 76.9 Å². The first kappa shape index (κ1) is 20.6. The van der Waals surface area contributed by atoms with Gasteiger partial charge in [-0.25, -0.2) is 0 Å². The second-order valence-electron chi connectivity index (χ2n) is 7.67. The quantitative estimate of drug-likeness (QED) is 0.818. The van der Waals surface area contributed by atoms with Gasteiger partial charge in [-0.05, 0) is 54.1 Å². The summed E-state index contributed by atoms with van der Waals surface area (Å²) in [5.74, 6) is 2.12. The minimum absolute atomic E-state index is 0.148. The highest BCUT2D eigenvalue weighted by atomic mass is 16.5. The summed E-state index contributed by atoms with van der Waals surface area (Å²) >= 11 is 0. The molecule has 2 aromatic rings. The smallest absolute Gasteiger partial charge is 0.205 e. The SMILES string of the molecule is COc1cccc(/C=C2\CN(C)CC3=C2OC(N)=C(C#N)C3c2cccc(OC)c2)c1. The van der Waals surface area contributed by atoms with Crippen molar-refractivity contribution < 1.29 is 14.2 Å². The molecular formula is C25H25N3O3. The molecule has 158 valence electrons. The Morgan fingerprint density at radius 3 is 2.52 bits per heavy atom. The van der Waals surface area contributed by atoms with Gasteiger partial charge in [-0.3, -0.25) is 4.90 Å². The van der Waals surface area contributed by atoms with Gasteiger partial charge in [-0.1, -0.05) is 24.3 Å². The van der Waals surface area contributed by atoms with Crippen LogP contribution in [0.3, 0.4) is 0 Å². The van der Waals surface area contributed by atoms with Gasteiger partial charge in [0.15, 0.2) is 0 Å². The third kappa shape index (κ3) is 4.00. The summed E-state index contributed by atoms with van der Waals surface area (Å²) in [6.07, 6.45) is 2.08. The fourth-order valence-electron chi connectivity index (χ4n) is 4.17. The third-order valence-corrected chi connectivity index (χ3v) is 5.56. The van der Waals surface area contributed by atoms with E-state index in [1.54, 1.807) is 14.2 Å². The molecule has 2 heterocycles. The molecule has 0 fully saturated rings. The number of hydrogen-bond donors (Lipinski definition) is 1. The largest absolute Gasteiger partial charge is 0.497 e. The Labute approximate surface area is 182 Å². The van der Waals surface area contributed by atoms with Crippen LogP contribution in [0.25, 0.3) is 6.08 Å². The second kappa shape index (κ2) is 8.58. The van der Waals surface area contributed by atoms with Crippen LogP contribution >= 0.6 is 0 Å². The van der Waals surface area contributed by atoms with Crippen molar-refractivity contribution in [3.63, 3.8) is 0 Å². The zero-order valence-electron chi connectivity index (χ0n) is 17.9. The molecule has 1 atom stereocenters. The molecule has 0 bridgehead atoms. The van der Waals surface area contributed by atoms with E-state index in [0.29, 0.717) is 18.7 Å². The van der Waals surface area contributed by atoms with Gasteiger partial charge in [0.2, 0.25) is 5.88 Å². The van der Waals surface area contributed by atoms with E-state index >= 15 is 0 Å². The van der Waals surface area contributed by atoms with Gasteiger partial charge in [0.25, 0.3) is 0 Å². The van der Waals surface area contributed by atoms with Crippen LogP contribution < -0.4 is 15.2 Å². The number of methoxy groups -OCH3 is 2. The van der Waals surface area contributed by atoms with E-state index in [2.05, 4.69) is 24.1 Å². The van der Waals surface area contributed by atoms with Gasteiger partial charge >= 0.3 is 0 Å². The lowest BCUT2D eigenvalue weighted by molar-refractivity contribution is 0.251. The zero-order chi connectivity index (χ0) is 22.0. The summed E-state index contributed by atoms with van der Waals surface area (Å²) in [6.45, 7) is 1.38. The van der Waals surface area contributed by atoms with Crippen LogP contribution in [0.1, 0.15) is 17.0 Å². The number of likely N-dealkylation sites (N-methyl/N-ethyl adjacent to an activating group) is 1. The van der Waals surface area contributed by atoms with Crippen LogP contribution in [0, 0.1) is 11.3 Å². The molecule has 2 N–H and O–H groups in total. The van der Waals surface area contributed by atoms with Gasteiger partial charge in [-0.15, -0.1) is 0 Å². The number of benzene rings is 2. The number of allylic oxidation sites excluding steroid dienone is 1. The van der Waals surface area contributed by atoms with Crippen molar-refractivity contribution in [2.24, 2.45) is 5.73 Å². The topological polar surface area (TPSA) is 80.7 Å². The van der Waals surface area contributed by atoms with E-state index < -0.39 is 0 Å². The van der Waals surface area contributed by atoms with Crippen molar-refractivity contribution in [3.05, 3.63) is 88.0 Å². The van der Waals surface area contributed by atoms with E-state index in [9.17, 15) is 5.26 Å². The minimum atomic E-state index is -0.291. The molecule has 2 aromatic carbocycles. The first-order chi connectivity index (χ1) is 15.0. The van der Waals surface area contributed by atoms with E-state index in [0.717, 1.165) is 39.5 Å². The minimum Gasteiger partial charge on any atom is -0.497 e. The predicted molar refractivity (Wildman–Crippen MR) is 119 cm³/mol. The highest BCUT2D eigenvalue weighted by Gasteiger charge is 2.37. The number of ether oxygens (including phenoxy) is 3. The Morgan fingerprint density at radius 1 is 1.10 bits per heavy atom. The molecule has 6 heteroatoms. The number of nitriles is 1. The molecular weight excluding hydrogens is 390 g/mol. The fourth-order valence-corrected chi connectivity index (χ4v) is 4.17. The van der Waals surface area contributed by atoms with Crippen molar-refractivity contribution in [1.29, 1.82) is 5.26 Å². The van der Waals surface area contributed by atoms with E-state index in [1.165, 1.54) is 0 Å². The monoisotopic (exact) mass is 415 g/mol. The Bertz CT molecular complexity index is 1140. The number of nitrogens with zero attached hydrogens (tertiary/aromatic N) is 2. The molecule has 1 unspecified atom stereocenters. The highest BCUT2D eigenvalue weighted by Crippen LogP contribution is 2.44. The van der Waals surface area contributed by atoms with Gasteiger partial charge < -0.3 is 19.9 Å². The molecule has 0 saturated heterocycles. The molecule has 0 aromatic heterocycles. The lowest BCUT2D eigenvalue weighted by Crippen LogP contribution is -2.35. The van der Waals surface area contributed by atoms with E-state index in [-0.39, 0.29) is 11.8 Å². The zero-order valence-corrected chi connectivity index (χ0v) is 17.9. The number of hydrogen-bond acceptors (Lipinski definition) is 6. The normalized spacial score (nSPS) is 20.2. The predicted octanol–water partition coefficient (Wildman–Crippen LogP) is 3.79. The van der Waals surface area contributed by atoms with Crippen LogP contribution in [0.2, 0.25) is 0 Å². The Hall–Kier alpha value is -3.69. The van der Waals surface area contributed by atoms with Gasteiger partial charge in [-0.2, -0.15) is 5.26 Å². The summed E-state index contributed by atoms with van der Waals surface area (Å²) in [4.78, 5) is 2.21. The standard InChI is InChI=1S/C25H25N3O3/c1-28-14-18(10-16-6-4-8-19(11-16)29-2)24-22(15-28)23(21(13-26)25(27)31-24)17-7-5-9-20(12-17)30-3/h4-12,23H,14-15,27H2,1-3H3/b18-10+. The van der Waals surface area contributed by atoms with Crippen LogP contribution in [0.4, 0.5) is 0 Å². The van der Waals surface area contributed by atoms with Crippen molar-refractivity contribution >= 4 is 6.08 Å². The fraction of sp³-hybridized carbons (Fsp3) is 0.240. The van der Waals surface area contributed by atoms with Crippen LogP contribution in [-0.2, 0) is 4.74 Å². The summed E-state index contributed by atoms with van der Waals surface area (Å²) in [5, 5.41) is 9.87. The lowest BCUT2D eigenvalue weighted by Gasteiger charge is -2.37. The molecule has 0 radical (unpaired) electrons. The Kier molecular flexibility index (Phi) is 5.70. The van der Waals surface area contributed by atoms with Gasteiger partial charge in [0.1, 0.15) is 28.9 Å². The van der Waals surface area contributed by atoms with E-state index in [4.69, 9.17) is 19.9 Å². The van der Waals surface area contributed by atoms with E-state index in [1.807, 2.05) is 48.5 Å². The summed E-state index contributed by atoms with van der Waals surface area (Å²) in [5.41, 5.74) is 10.6. The third-order valence-electron chi connectivity index (χ3n) is 5.56. The van der Waals surface area contributed by atoms with Crippen LogP contribution in [0.5, 0.6) is 11.5 Å². The molecule has 0 saturated carbocycles. The maximum absolute atomic E-state index is 9.87. The summed E-state index contributed by atoms with van der Waals surface area (Å²) < 4.78 is 16.8. The van der Waals surface area contributed by atoms with Crippen molar-refractivity contribution in [3.8, 4) is 17.6 Å². The lowest BCUT2D eigenvalue weighted by atomic mass is 9.80. The first-order valence-electron chi connectivity index (χ1n) is 10.0. The van der Waals surface area contributed by atoms with Crippen molar-refractivity contribution in [2.45, 2.75) is 5.92 Å². The molecule has 2 aliphatic rings.